The number of carboxylic acids is 1. The van der Waals surface area contributed by atoms with Crippen LogP contribution in [0.2, 0.25) is 0 Å². The van der Waals surface area contributed by atoms with Crippen LogP contribution in [-0.2, 0) is 10.0 Å². The number of ether oxygens (including phenoxy) is 1. The number of aromatic carboxylic acids is 1. The van der Waals surface area contributed by atoms with Crippen LogP contribution in [0.4, 0.5) is 0 Å². The van der Waals surface area contributed by atoms with E-state index in [0.717, 1.165) is 25.3 Å². The maximum absolute atomic E-state index is 12.6. The fourth-order valence-corrected chi connectivity index (χ4v) is 4.22. The Balaban J connectivity index is 2.43. The standard InChI is InChI=1S/C14H19NO5S/c1-3-14(7-4-8-14)15-21(18,19)12-9-10(13(16)17)5-6-11(12)20-2/h5-6,9,15H,3-4,7-8H2,1-2H3,(H,16,17). The van der Waals surface area contributed by atoms with Gasteiger partial charge in [-0.05, 0) is 43.9 Å². The second kappa shape index (κ2) is 5.65. The molecule has 6 nitrogen and oxygen atoms in total. The van der Waals surface area contributed by atoms with E-state index in [-0.39, 0.29) is 16.2 Å². The lowest BCUT2D eigenvalue weighted by molar-refractivity contribution is 0.0696. The van der Waals surface area contributed by atoms with E-state index in [1.54, 1.807) is 0 Å². The molecule has 0 atom stereocenters. The zero-order chi connectivity index (χ0) is 15.7. The zero-order valence-corrected chi connectivity index (χ0v) is 12.9. The molecule has 1 aliphatic rings. The number of sulfonamides is 1. The number of hydrogen-bond acceptors (Lipinski definition) is 4. The molecule has 116 valence electrons. The summed E-state index contributed by atoms with van der Waals surface area (Å²) < 4.78 is 32.9. The average Bonchev–Trinajstić information content (AvgIpc) is 2.42. The summed E-state index contributed by atoms with van der Waals surface area (Å²) in [6.45, 7) is 1.94. The van der Waals surface area contributed by atoms with Crippen LogP contribution in [-0.4, -0.2) is 32.1 Å². The Morgan fingerprint density at radius 1 is 1.43 bits per heavy atom. The van der Waals surface area contributed by atoms with Crippen LogP contribution in [0.3, 0.4) is 0 Å². The molecule has 0 spiro atoms. The smallest absolute Gasteiger partial charge is 0.335 e. The van der Waals surface area contributed by atoms with Crippen molar-refractivity contribution in [1.82, 2.24) is 4.72 Å². The minimum Gasteiger partial charge on any atom is -0.495 e. The highest BCUT2D eigenvalue weighted by atomic mass is 32.2. The van der Waals surface area contributed by atoms with Crippen molar-refractivity contribution in [3.05, 3.63) is 23.8 Å². The van der Waals surface area contributed by atoms with Crippen LogP contribution in [0.25, 0.3) is 0 Å². The predicted molar refractivity (Wildman–Crippen MR) is 77.1 cm³/mol. The number of nitrogens with one attached hydrogen (secondary N) is 1. The first-order chi connectivity index (χ1) is 9.83. The third kappa shape index (κ3) is 3.03. The maximum Gasteiger partial charge on any atom is 0.335 e. The van der Waals surface area contributed by atoms with Gasteiger partial charge in [0, 0.05) is 5.54 Å². The van der Waals surface area contributed by atoms with E-state index >= 15 is 0 Å². The van der Waals surface area contributed by atoms with E-state index in [2.05, 4.69) is 4.72 Å². The van der Waals surface area contributed by atoms with Gasteiger partial charge in [0.2, 0.25) is 10.0 Å². The number of benzene rings is 1. The lowest BCUT2D eigenvalue weighted by Gasteiger charge is -2.41. The van der Waals surface area contributed by atoms with Crippen molar-refractivity contribution in [2.45, 2.75) is 43.0 Å². The minimum atomic E-state index is -3.83. The Kier molecular flexibility index (Phi) is 4.25. The molecule has 1 aromatic rings. The lowest BCUT2D eigenvalue weighted by atomic mass is 9.76. The van der Waals surface area contributed by atoms with Crippen molar-refractivity contribution in [3.8, 4) is 5.75 Å². The molecule has 0 heterocycles. The third-order valence-electron chi connectivity index (χ3n) is 4.04. The molecule has 2 rings (SSSR count). The van der Waals surface area contributed by atoms with Crippen LogP contribution in [0.5, 0.6) is 5.75 Å². The summed E-state index contributed by atoms with van der Waals surface area (Å²) in [4.78, 5) is 10.9. The molecule has 0 aromatic heterocycles. The summed E-state index contributed by atoms with van der Waals surface area (Å²) in [6, 6.07) is 3.81. The fraction of sp³-hybridized carbons (Fsp3) is 0.500. The van der Waals surface area contributed by atoms with Gasteiger partial charge in [0.15, 0.2) is 0 Å². The van der Waals surface area contributed by atoms with Crippen molar-refractivity contribution in [3.63, 3.8) is 0 Å². The summed E-state index contributed by atoms with van der Waals surface area (Å²) in [5.74, 6) is -1.04. The summed E-state index contributed by atoms with van der Waals surface area (Å²) in [5, 5.41) is 9.02. The van der Waals surface area contributed by atoms with Gasteiger partial charge in [-0.25, -0.2) is 17.9 Å². The molecule has 0 aliphatic heterocycles. The molecule has 0 saturated heterocycles. The SMILES string of the molecule is CCC1(NS(=O)(=O)c2cc(C(=O)O)ccc2OC)CCC1. The van der Waals surface area contributed by atoms with Gasteiger partial charge in [-0.15, -0.1) is 0 Å². The first-order valence-corrected chi connectivity index (χ1v) is 8.27. The average molecular weight is 313 g/mol. The third-order valence-corrected chi connectivity index (χ3v) is 5.64. The van der Waals surface area contributed by atoms with Crippen LogP contribution >= 0.6 is 0 Å². The highest BCUT2D eigenvalue weighted by Gasteiger charge is 2.39. The Bertz CT molecular complexity index is 644. The molecule has 0 radical (unpaired) electrons. The highest BCUT2D eigenvalue weighted by Crippen LogP contribution is 2.37. The van der Waals surface area contributed by atoms with Gasteiger partial charge in [-0.3, -0.25) is 0 Å². The molecule has 1 fully saturated rings. The molecule has 1 saturated carbocycles. The van der Waals surface area contributed by atoms with Crippen LogP contribution in [0, 0.1) is 0 Å². The van der Waals surface area contributed by atoms with Crippen LogP contribution in [0.1, 0.15) is 43.0 Å². The molecule has 21 heavy (non-hydrogen) atoms. The van der Waals surface area contributed by atoms with E-state index in [4.69, 9.17) is 9.84 Å². The molecule has 7 heteroatoms. The molecule has 1 aliphatic carbocycles. The van der Waals surface area contributed by atoms with Gasteiger partial charge in [-0.2, -0.15) is 0 Å². The predicted octanol–water partition coefficient (Wildman–Crippen LogP) is 2.00. The summed E-state index contributed by atoms with van der Waals surface area (Å²) in [6.07, 6.45) is 3.28. The quantitative estimate of drug-likeness (QED) is 0.838. The Morgan fingerprint density at radius 3 is 2.52 bits per heavy atom. The van der Waals surface area contributed by atoms with Gasteiger partial charge in [0.1, 0.15) is 10.6 Å². The molecule has 2 N–H and O–H groups in total. The topological polar surface area (TPSA) is 92.7 Å². The summed E-state index contributed by atoms with van der Waals surface area (Å²) in [5.41, 5.74) is -0.501. The monoisotopic (exact) mass is 313 g/mol. The van der Waals surface area contributed by atoms with E-state index in [1.807, 2.05) is 6.92 Å². The van der Waals surface area contributed by atoms with Crippen LogP contribution in [0.15, 0.2) is 23.1 Å². The van der Waals surface area contributed by atoms with Crippen molar-refractivity contribution in [2.75, 3.05) is 7.11 Å². The van der Waals surface area contributed by atoms with Gasteiger partial charge >= 0.3 is 5.97 Å². The molecular formula is C14H19NO5S. The Morgan fingerprint density at radius 2 is 2.10 bits per heavy atom. The normalized spacial score (nSPS) is 17.0. The van der Waals surface area contributed by atoms with E-state index in [1.165, 1.54) is 19.2 Å². The largest absolute Gasteiger partial charge is 0.495 e. The van der Waals surface area contributed by atoms with Crippen molar-refractivity contribution < 1.29 is 23.1 Å². The van der Waals surface area contributed by atoms with Gasteiger partial charge < -0.3 is 9.84 Å². The first kappa shape index (κ1) is 15.8. The second-order valence-electron chi connectivity index (χ2n) is 5.26. The molecule has 0 unspecified atom stereocenters. The number of hydrogen-bond donors (Lipinski definition) is 2. The molecule has 0 bridgehead atoms. The summed E-state index contributed by atoms with van der Waals surface area (Å²) >= 11 is 0. The molecule has 1 aromatic carbocycles. The number of methoxy groups -OCH3 is 1. The van der Waals surface area contributed by atoms with Gasteiger partial charge in [-0.1, -0.05) is 6.92 Å². The van der Waals surface area contributed by atoms with Crippen molar-refractivity contribution in [1.29, 1.82) is 0 Å². The molecular weight excluding hydrogens is 294 g/mol. The van der Waals surface area contributed by atoms with E-state index in [9.17, 15) is 13.2 Å². The van der Waals surface area contributed by atoms with Crippen molar-refractivity contribution >= 4 is 16.0 Å². The maximum atomic E-state index is 12.6. The van der Waals surface area contributed by atoms with Crippen molar-refractivity contribution in [2.24, 2.45) is 0 Å². The van der Waals surface area contributed by atoms with E-state index < -0.39 is 21.5 Å². The van der Waals surface area contributed by atoms with Gasteiger partial charge in [0.05, 0.1) is 12.7 Å². The summed E-state index contributed by atoms with van der Waals surface area (Å²) in [7, 11) is -2.47. The van der Waals surface area contributed by atoms with Gasteiger partial charge in [0.25, 0.3) is 0 Å². The number of carboxylic acid groups (broad SMARTS) is 1. The first-order valence-electron chi connectivity index (χ1n) is 6.79. The molecule has 0 amide bonds. The number of carbonyl (C=O) groups is 1. The zero-order valence-electron chi connectivity index (χ0n) is 12.0. The van der Waals surface area contributed by atoms with E-state index in [0.29, 0.717) is 6.42 Å². The fourth-order valence-electron chi connectivity index (χ4n) is 2.49. The minimum absolute atomic E-state index is 0.0877. The Labute approximate surface area is 124 Å². The Hall–Kier alpha value is -1.60. The highest BCUT2D eigenvalue weighted by molar-refractivity contribution is 7.89. The lowest BCUT2D eigenvalue weighted by Crippen LogP contribution is -2.52. The van der Waals surface area contributed by atoms with Crippen LogP contribution < -0.4 is 9.46 Å². The second-order valence-corrected chi connectivity index (χ2v) is 6.91. The number of rotatable bonds is 6.